The smallest absolute Gasteiger partial charge is 0.255 e. The molecular weight excluding hydrogens is 422 g/mol. The Morgan fingerprint density at radius 2 is 1.79 bits per heavy atom. The normalized spacial score (nSPS) is 18.4. The molecule has 5 heteroatoms. The Morgan fingerprint density at radius 3 is 2.62 bits per heavy atom. The van der Waals surface area contributed by atoms with Crippen molar-refractivity contribution in [1.29, 1.82) is 0 Å². The van der Waals surface area contributed by atoms with Gasteiger partial charge in [-0.1, -0.05) is 48.9 Å². The Labute approximate surface area is 201 Å². The third-order valence-corrected chi connectivity index (χ3v) is 6.91. The van der Waals surface area contributed by atoms with E-state index in [4.69, 9.17) is 0 Å². The minimum atomic E-state index is -0.546. The minimum Gasteiger partial charge on any atom is -0.374 e. The molecule has 1 unspecified atom stereocenters. The highest BCUT2D eigenvalue weighted by atomic mass is 16.3. The number of hydrogen-bond donors (Lipinski definition) is 3. The van der Waals surface area contributed by atoms with Gasteiger partial charge in [-0.2, -0.15) is 0 Å². The van der Waals surface area contributed by atoms with Gasteiger partial charge in [-0.05, 0) is 91.7 Å². The summed E-state index contributed by atoms with van der Waals surface area (Å²) in [5, 5.41) is 16.3. The lowest BCUT2D eigenvalue weighted by molar-refractivity contribution is 0.102. The van der Waals surface area contributed by atoms with Gasteiger partial charge in [0.05, 0.1) is 0 Å². The van der Waals surface area contributed by atoms with Crippen LogP contribution in [0.3, 0.4) is 0 Å². The summed E-state index contributed by atoms with van der Waals surface area (Å²) in [5.74, 6) is -0.117. The predicted molar refractivity (Wildman–Crippen MR) is 138 cm³/mol. The van der Waals surface area contributed by atoms with E-state index in [2.05, 4.69) is 51.9 Å². The number of aliphatic hydroxyl groups excluding tert-OH is 1. The topological polar surface area (TPSA) is 64.6 Å². The number of nitrogens with zero attached hydrogens (tertiary/aromatic N) is 1. The Hall–Kier alpha value is -3.15. The van der Waals surface area contributed by atoms with Crippen molar-refractivity contribution < 1.29 is 9.90 Å². The first-order chi connectivity index (χ1) is 16.7. The lowest BCUT2D eigenvalue weighted by Gasteiger charge is -2.27. The Bertz CT molecular complexity index is 1140. The van der Waals surface area contributed by atoms with Crippen LogP contribution in [0.5, 0.6) is 0 Å². The highest BCUT2D eigenvalue weighted by Gasteiger charge is 2.17. The zero-order valence-electron chi connectivity index (χ0n) is 19.6. The first-order valence-corrected chi connectivity index (χ1v) is 12.5. The van der Waals surface area contributed by atoms with Crippen LogP contribution in [0, 0.1) is 0 Å². The number of nitrogens with one attached hydrogen (secondary N) is 2. The van der Waals surface area contributed by atoms with Crippen LogP contribution >= 0.6 is 0 Å². The maximum Gasteiger partial charge on any atom is 0.255 e. The van der Waals surface area contributed by atoms with E-state index in [1.54, 1.807) is 0 Å². The summed E-state index contributed by atoms with van der Waals surface area (Å²) in [7, 11) is 0. The van der Waals surface area contributed by atoms with Crippen molar-refractivity contribution in [3.63, 3.8) is 0 Å². The van der Waals surface area contributed by atoms with Crippen molar-refractivity contribution >= 4 is 17.3 Å². The van der Waals surface area contributed by atoms with E-state index in [1.807, 2.05) is 30.3 Å². The van der Waals surface area contributed by atoms with Crippen LogP contribution in [0.25, 0.3) is 11.1 Å². The molecule has 0 aliphatic carbocycles. The van der Waals surface area contributed by atoms with E-state index in [-0.39, 0.29) is 5.91 Å². The molecule has 5 rings (SSSR count). The van der Waals surface area contributed by atoms with Gasteiger partial charge in [-0.25, -0.2) is 0 Å². The summed E-state index contributed by atoms with van der Waals surface area (Å²) in [6, 6.07) is 22.4. The zero-order valence-corrected chi connectivity index (χ0v) is 19.6. The Morgan fingerprint density at radius 1 is 0.971 bits per heavy atom. The molecule has 3 aromatic carbocycles. The average molecular weight is 456 g/mol. The van der Waals surface area contributed by atoms with Gasteiger partial charge >= 0.3 is 0 Å². The van der Waals surface area contributed by atoms with Crippen LogP contribution in [0.1, 0.15) is 53.6 Å². The number of likely N-dealkylation sites (tertiary alicyclic amines) is 1. The van der Waals surface area contributed by atoms with E-state index in [0.717, 1.165) is 50.3 Å². The summed E-state index contributed by atoms with van der Waals surface area (Å²) < 4.78 is 0. The van der Waals surface area contributed by atoms with E-state index in [0.29, 0.717) is 5.56 Å². The number of amides is 1. The molecule has 2 aliphatic heterocycles. The van der Waals surface area contributed by atoms with E-state index in [9.17, 15) is 9.90 Å². The van der Waals surface area contributed by atoms with Crippen molar-refractivity contribution in [3.05, 3.63) is 83.4 Å². The number of hydrogen-bond acceptors (Lipinski definition) is 4. The Balaban J connectivity index is 1.39. The average Bonchev–Trinajstić information content (AvgIpc) is 3.05. The molecular formula is C29H33N3O2. The molecule has 3 N–H and O–H groups in total. The predicted octanol–water partition coefficient (Wildman–Crippen LogP) is 5.66. The van der Waals surface area contributed by atoms with Gasteiger partial charge in [-0.3, -0.25) is 9.69 Å². The minimum absolute atomic E-state index is 0.117. The summed E-state index contributed by atoms with van der Waals surface area (Å²) in [6.07, 6.45) is 5.83. The van der Waals surface area contributed by atoms with E-state index in [1.165, 1.54) is 41.5 Å². The lowest BCUT2D eigenvalue weighted by Crippen LogP contribution is -2.29. The van der Waals surface area contributed by atoms with Crippen molar-refractivity contribution in [2.75, 3.05) is 23.7 Å². The summed E-state index contributed by atoms with van der Waals surface area (Å²) >= 11 is 0. The number of benzene rings is 3. The number of carbonyl (C=O) groups is 1. The molecule has 1 atom stereocenters. The second-order valence-electron chi connectivity index (χ2n) is 9.45. The lowest BCUT2D eigenvalue weighted by atomic mass is 9.96. The first-order valence-electron chi connectivity index (χ1n) is 12.5. The van der Waals surface area contributed by atoms with Gasteiger partial charge < -0.3 is 15.7 Å². The maximum absolute atomic E-state index is 13.2. The maximum atomic E-state index is 13.2. The number of fused-ring (bicyclic) bond motifs is 1. The molecule has 0 saturated carbocycles. The van der Waals surface area contributed by atoms with Gasteiger partial charge in [0.2, 0.25) is 0 Å². The quantitative estimate of drug-likeness (QED) is 0.465. The fourth-order valence-corrected chi connectivity index (χ4v) is 5.07. The number of carbonyl (C=O) groups excluding carboxylic acids is 1. The second kappa shape index (κ2) is 10.4. The van der Waals surface area contributed by atoms with Gasteiger partial charge in [0, 0.05) is 23.5 Å². The van der Waals surface area contributed by atoms with Gasteiger partial charge in [-0.15, -0.1) is 0 Å². The van der Waals surface area contributed by atoms with Gasteiger partial charge in [0.25, 0.3) is 5.91 Å². The van der Waals surface area contributed by atoms with Crippen LogP contribution in [0.2, 0.25) is 0 Å². The molecule has 0 aromatic heterocycles. The highest BCUT2D eigenvalue weighted by molar-refractivity contribution is 6.05. The SMILES string of the molecule is O=C(Nc1ccc2c(c1)NC(O)CCC2)c1ccc(-c2ccccc2)c(CN2CCCCC2)c1. The third-order valence-electron chi connectivity index (χ3n) is 6.91. The standard InChI is InChI=1S/C29H33N3O2/c33-28-11-7-10-22-12-14-25(19-27(22)31-28)30-29(34)23-13-15-26(21-8-3-1-4-9-21)24(18-23)20-32-16-5-2-6-17-32/h1,3-4,8-9,12-15,18-19,28,31,33H,2,5-7,10-11,16-17,20H2,(H,30,34). The zero-order chi connectivity index (χ0) is 23.3. The van der Waals surface area contributed by atoms with E-state index >= 15 is 0 Å². The fourth-order valence-electron chi connectivity index (χ4n) is 5.07. The van der Waals surface area contributed by atoms with Crippen LogP contribution in [-0.4, -0.2) is 35.2 Å². The third kappa shape index (κ3) is 5.32. The molecule has 1 amide bonds. The van der Waals surface area contributed by atoms with Crippen LogP contribution in [0.4, 0.5) is 11.4 Å². The van der Waals surface area contributed by atoms with Crippen molar-refractivity contribution in [2.45, 2.75) is 51.3 Å². The summed E-state index contributed by atoms with van der Waals surface area (Å²) in [6.45, 7) is 3.07. The molecule has 34 heavy (non-hydrogen) atoms. The number of piperidine rings is 1. The van der Waals surface area contributed by atoms with Crippen LogP contribution < -0.4 is 10.6 Å². The van der Waals surface area contributed by atoms with Crippen LogP contribution in [0.15, 0.2) is 66.7 Å². The van der Waals surface area contributed by atoms with Crippen molar-refractivity contribution in [2.24, 2.45) is 0 Å². The monoisotopic (exact) mass is 455 g/mol. The van der Waals surface area contributed by atoms with Crippen molar-refractivity contribution in [1.82, 2.24) is 4.90 Å². The van der Waals surface area contributed by atoms with Crippen LogP contribution in [-0.2, 0) is 13.0 Å². The molecule has 1 saturated heterocycles. The number of rotatable bonds is 5. The van der Waals surface area contributed by atoms with Gasteiger partial charge in [0.15, 0.2) is 0 Å². The molecule has 0 bridgehead atoms. The van der Waals surface area contributed by atoms with Gasteiger partial charge in [0.1, 0.15) is 6.23 Å². The summed E-state index contributed by atoms with van der Waals surface area (Å²) in [4.78, 5) is 15.7. The molecule has 3 aromatic rings. The molecule has 2 heterocycles. The summed E-state index contributed by atoms with van der Waals surface area (Å²) in [5.41, 5.74) is 7.01. The molecule has 176 valence electrons. The second-order valence-corrected chi connectivity index (χ2v) is 9.45. The Kier molecular flexibility index (Phi) is 6.93. The molecule has 0 spiro atoms. The number of aryl methyl sites for hydroxylation is 1. The number of aliphatic hydroxyl groups is 1. The first kappa shape index (κ1) is 22.6. The van der Waals surface area contributed by atoms with E-state index < -0.39 is 6.23 Å². The fraction of sp³-hybridized carbons (Fsp3) is 0.345. The molecule has 0 radical (unpaired) electrons. The van der Waals surface area contributed by atoms with Crippen molar-refractivity contribution in [3.8, 4) is 11.1 Å². The molecule has 5 nitrogen and oxygen atoms in total. The molecule has 2 aliphatic rings. The number of anilines is 2. The molecule has 1 fully saturated rings. The highest BCUT2D eigenvalue weighted by Crippen LogP contribution is 2.29. The largest absolute Gasteiger partial charge is 0.374 e.